The van der Waals surface area contributed by atoms with Crippen molar-refractivity contribution in [3.05, 3.63) is 0 Å². The highest BCUT2D eigenvalue weighted by Crippen LogP contribution is 2.31. The fourth-order valence-corrected chi connectivity index (χ4v) is 3.38. The predicted molar refractivity (Wildman–Crippen MR) is 80.7 cm³/mol. The van der Waals surface area contributed by atoms with Gasteiger partial charge in [-0.15, -0.1) is 0 Å². The smallest absolute Gasteiger partial charge is 0.182 e. The van der Waals surface area contributed by atoms with Crippen LogP contribution in [-0.4, -0.2) is 51.4 Å². The van der Waals surface area contributed by atoms with Gasteiger partial charge in [-0.1, -0.05) is 0 Å². The molecular weight excluding hydrogens is 316 g/mol. The molecule has 0 amide bonds. The van der Waals surface area contributed by atoms with Crippen LogP contribution in [0.4, 0.5) is 11.6 Å². The van der Waals surface area contributed by atoms with Crippen LogP contribution < -0.4 is 11.1 Å². The van der Waals surface area contributed by atoms with Crippen LogP contribution in [0.5, 0.6) is 0 Å². The summed E-state index contributed by atoms with van der Waals surface area (Å²) in [6.45, 7) is 0.670. The van der Waals surface area contributed by atoms with E-state index in [9.17, 15) is 16.8 Å². The Bertz CT molecular complexity index is 733. The summed E-state index contributed by atoms with van der Waals surface area (Å²) in [6, 6.07) is 0. The van der Waals surface area contributed by atoms with Crippen molar-refractivity contribution in [2.45, 2.75) is 24.3 Å². The fraction of sp³-hybridized carbons (Fsp3) is 0.727. The lowest BCUT2D eigenvalue weighted by Gasteiger charge is -2.03. The standard InChI is InChI=1S/C11H20N4O4S2/c1-20(16,17)6-5-15-10(12)9(21(2,18)19)11(14-15)13-7-8-3-4-8/h8H,3-7,12H2,1-2H3,(H,13,14). The van der Waals surface area contributed by atoms with Crippen molar-refractivity contribution in [1.29, 1.82) is 0 Å². The quantitative estimate of drug-likeness (QED) is 0.702. The number of sulfone groups is 2. The van der Waals surface area contributed by atoms with E-state index in [1.165, 1.54) is 4.68 Å². The molecule has 1 heterocycles. The number of hydrogen-bond donors (Lipinski definition) is 2. The summed E-state index contributed by atoms with van der Waals surface area (Å²) in [7, 11) is -6.72. The third-order valence-corrected chi connectivity index (χ3v) is 5.31. The van der Waals surface area contributed by atoms with E-state index in [0.717, 1.165) is 25.4 Å². The third kappa shape index (κ3) is 4.34. The molecule has 1 saturated carbocycles. The summed E-state index contributed by atoms with van der Waals surface area (Å²) in [5, 5.41) is 7.12. The molecule has 1 aromatic heterocycles. The summed E-state index contributed by atoms with van der Waals surface area (Å²) in [5.41, 5.74) is 5.83. The van der Waals surface area contributed by atoms with Crippen LogP contribution >= 0.6 is 0 Å². The molecule has 3 N–H and O–H groups in total. The maximum Gasteiger partial charge on any atom is 0.182 e. The van der Waals surface area contributed by atoms with Gasteiger partial charge in [0.2, 0.25) is 0 Å². The van der Waals surface area contributed by atoms with Gasteiger partial charge in [0, 0.05) is 19.1 Å². The highest BCUT2D eigenvalue weighted by atomic mass is 32.2. The van der Waals surface area contributed by atoms with Crippen molar-refractivity contribution in [3.63, 3.8) is 0 Å². The van der Waals surface area contributed by atoms with E-state index in [1.807, 2.05) is 0 Å². The molecule has 120 valence electrons. The zero-order valence-electron chi connectivity index (χ0n) is 12.0. The van der Waals surface area contributed by atoms with Crippen LogP contribution in [0, 0.1) is 5.92 Å². The van der Waals surface area contributed by atoms with Crippen molar-refractivity contribution in [2.24, 2.45) is 5.92 Å². The van der Waals surface area contributed by atoms with E-state index in [2.05, 4.69) is 10.4 Å². The minimum Gasteiger partial charge on any atom is -0.383 e. The number of nitrogen functional groups attached to an aromatic ring is 1. The summed E-state index contributed by atoms with van der Waals surface area (Å²) in [4.78, 5) is -0.0587. The Morgan fingerprint density at radius 3 is 2.38 bits per heavy atom. The molecule has 0 unspecified atom stereocenters. The molecule has 0 aromatic carbocycles. The average Bonchev–Trinajstić information content (AvgIpc) is 3.06. The van der Waals surface area contributed by atoms with Crippen LogP contribution in [0.3, 0.4) is 0 Å². The lowest BCUT2D eigenvalue weighted by molar-refractivity contribution is 0.588. The largest absolute Gasteiger partial charge is 0.383 e. The van der Waals surface area contributed by atoms with E-state index < -0.39 is 19.7 Å². The molecule has 0 aliphatic heterocycles. The molecule has 0 radical (unpaired) electrons. The van der Waals surface area contributed by atoms with Crippen molar-refractivity contribution in [1.82, 2.24) is 9.78 Å². The molecule has 21 heavy (non-hydrogen) atoms. The lowest BCUT2D eigenvalue weighted by Crippen LogP contribution is -2.14. The monoisotopic (exact) mass is 336 g/mol. The minimum absolute atomic E-state index is 0.0261. The van der Waals surface area contributed by atoms with E-state index in [0.29, 0.717) is 12.5 Å². The number of anilines is 2. The molecular formula is C11H20N4O4S2. The van der Waals surface area contributed by atoms with Gasteiger partial charge in [0.25, 0.3) is 0 Å². The first kappa shape index (κ1) is 16.1. The van der Waals surface area contributed by atoms with Crippen LogP contribution in [-0.2, 0) is 26.2 Å². The van der Waals surface area contributed by atoms with Crippen molar-refractivity contribution >= 4 is 31.3 Å². The zero-order chi connectivity index (χ0) is 15.8. The van der Waals surface area contributed by atoms with Gasteiger partial charge in [0.05, 0.1) is 12.3 Å². The minimum atomic E-state index is -3.54. The first-order valence-electron chi connectivity index (χ1n) is 6.56. The van der Waals surface area contributed by atoms with Gasteiger partial charge in [-0.3, -0.25) is 0 Å². The third-order valence-electron chi connectivity index (χ3n) is 3.25. The second-order valence-corrected chi connectivity index (χ2v) is 9.72. The van der Waals surface area contributed by atoms with Gasteiger partial charge in [-0.25, -0.2) is 21.5 Å². The molecule has 0 spiro atoms. The number of nitrogens with zero attached hydrogens (tertiary/aromatic N) is 2. The normalized spacial score (nSPS) is 16.1. The van der Waals surface area contributed by atoms with E-state index in [4.69, 9.17) is 5.73 Å². The second-order valence-electron chi connectivity index (χ2n) is 5.51. The number of aromatic nitrogens is 2. The summed E-state index contributed by atoms with van der Waals surface area (Å²) < 4.78 is 47.4. The van der Waals surface area contributed by atoms with E-state index >= 15 is 0 Å². The SMILES string of the molecule is CS(=O)(=O)CCn1nc(NCC2CC2)c(S(C)(=O)=O)c1N. The van der Waals surface area contributed by atoms with Crippen LogP contribution in [0.15, 0.2) is 4.90 Å². The van der Waals surface area contributed by atoms with E-state index in [-0.39, 0.29) is 28.8 Å². The van der Waals surface area contributed by atoms with Crippen molar-refractivity contribution in [3.8, 4) is 0 Å². The first-order valence-corrected chi connectivity index (χ1v) is 10.5. The molecule has 8 nitrogen and oxygen atoms in total. The number of nitrogens with two attached hydrogens (primary N) is 1. The molecule has 1 aliphatic rings. The lowest BCUT2D eigenvalue weighted by atomic mass is 10.4. The maximum absolute atomic E-state index is 11.9. The van der Waals surface area contributed by atoms with Gasteiger partial charge < -0.3 is 11.1 Å². The number of rotatable bonds is 7. The molecule has 0 bridgehead atoms. The molecule has 10 heteroatoms. The molecule has 0 saturated heterocycles. The highest BCUT2D eigenvalue weighted by Gasteiger charge is 2.27. The Morgan fingerprint density at radius 2 is 1.90 bits per heavy atom. The van der Waals surface area contributed by atoms with Gasteiger partial charge in [0.1, 0.15) is 15.7 Å². The Labute approximate surface area is 124 Å². The average molecular weight is 336 g/mol. The van der Waals surface area contributed by atoms with Gasteiger partial charge in [0.15, 0.2) is 20.6 Å². The number of aryl methyl sites for hydroxylation is 1. The molecule has 0 atom stereocenters. The van der Waals surface area contributed by atoms with Crippen LogP contribution in [0.2, 0.25) is 0 Å². The van der Waals surface area contributed by atoms with Crippen LogP contribution in [0.25, 0.3) is 0 Å². The summed E-state index contributed by atoms with van der Waals surface area (Å²) in [5.74, 6) is 0.569. The fourth-order valence-electron chi connectivity index (χ4n) is 1.93. The Balaban J connectivity index is 2.29. The Hall–Kier alpha value is -1.29. The van der Waals surface area contributed by atoms with Crippen molar-refractivity contribution in [2.75, 3.05) is 35.9 Å². The van der Waals surface area contributed by atoms with E-state index in [1.54, 1.807) is 0 Å². The number of hydrogen-bond acceptors (Lipinski definition) is 7. The molecule has 1 fully saturated rings. The first-order chi connectivity index (χ1) is 9.58. The molecule has 1 aliphatic carbocycles. The van der Waals surface area contributed by atoms with Gasteiger partial charge >= 0.3 is 0 Å². The summed E-state index contributed by atoms with van der Waals surface area (Å²) in [6.07, 6.45) is 4.40. The number of nitrogens with one attached hydrogen (secondary N) is 1. The highest BCUT2D eigenvalue weighted by molar-refractivity contribution is 7.91. The van der Waals surface area contributed by atoms with Gasteiger partial charge in [-0.2, -0.15) is 5.10 Å². The predicted octanol–water partition coefficient (Wildman–Crippen LogP) is -0.265. The van der Waals surface area contributed by atoms with Crippen molar-refractivity contribution < 1.29 is 16.8 Å². The Kier molecular flexibility index (Phi) is 4.20. The molecule has 2 rings (SSSR count). The zero-order valence-corrected chi connectivity index (χ0v) is 13.7. The van der Waals surface area contributed by atoms with Gasteiger partial charge in [-0.05, 0) is 18.8 Å². The topological polar surface area (TPSA) is 124 Å². The van der Waals surface area contributed by atoms with Crippen LogP contribution in [0.1, 0.15) is 12.8 Å². The Morgan fingerprint density at radius 1 is 1.29 bits per heavy atom. The summed E-state index contributed by atoms with van der Waals surface area (Å²) >= 11 is 0. The maximum atomic E-state index is 11.9. The molecule has 1 aromatic rings. The second kappa shape index (κ2) is 5.48.